The van der Waals surface area contributed by atoms with Crippen LogP contribution in [-0.2, 0) is 13.1 Å². The Hall–Kier alpha value is -2.02. The Kier molecular flexibility index (Phi) is 2.90. The molecule has 3 rings (SSSR count). The van der Waals surface area contributed by atoms with Crippen LogP contribution >= 0.6 is 15.9 Å². The Morgan fingerprint density at radius 2 is 2.16 bits per heavy atom. The topological polar surface area (TPSA) is 85.0 Å². The maximum absolute atomic E-state index is 12.3. The SMILES string of the molecule is Nc1ncc2c(n1)CN(C(=O)c1cncc(Br)c1)C2. The van der Waals surface area contributed by atoms with Crippen LogP contribution in [0.1, 0.15) is 21.6 Å². The van der Waals surface area contributed by atoms with Crippen molar-refractivity contribution in [3.05, 3.63) is 46.0 Å². The minimum Gasteiger partial charge on any atom is -0.368 e. The summed E-state index contributed by atoms with van der Waals surface area (Å²) in [4.78, 5) is 26.1. The number of carbonyl (C=O) groups is 1. The lowest BCUT2D eigenvalue weighted by atomic mass is 10.2. The van der Waals surface area contributed by atoms with Crippen molar-refractivity contribution in [1.82, 2.24) is 19.9 Å². The van der Waals surface area contributed by atoms with Crippen molar-refractivity contribution in [3.8, 4) is 0 Å². The lowest BCUT2D eigenvalue weighted by Gasteiger charge is -2.14. The first kappa shape index (κ1) is 12.0. The number of amides is 1. The fourth-order valence-electron chi connectivity index (χ4n) is 2.02. The zero-order chi connectivity index (χ0) is 13.4. The minimum atomic E-state index is -0.0784. The third-order valence-corrected chi connectivity index (χ3v) is 3.35. The van der Waals surface area contributed by atoms with E-state index in [0.717, 1.165) is 15.7 Å². The maximum atomic E-state index is 12.3. The molecule has 2 aromatic heterocycles. The average Bonchev–Trinajstić information content (AvgIpc) is 2.80. The Morgan fingerprint density at radius 1 is 1.32 bits per heavy atom. The molecule has 0 unspecified atom stereocenters. The standard InChI is InChI=1S/C12H10BrN5O/c13-9-1-7(2-15-4-9)11(19)18-5-8-3-16-12(14)17-10(8)6-18/h1-4H,5-6H2,(H2,14,16,17). The second-order valence-electron chi connectivity index (χ2n) is 4.25. The first-order valence-electron chi connectivity index (χ1n) is 5.63. The molecule has 7 heteroatoms. The van der Waals surface area contributed by atoms with Gasteiger partial charge in [0.05, 0.1) is 17.8 Å². The number of nitrogens with zero attached hydrogens (tertiary/aromatic N) is 4. The quantitative estimate of drug-likeness (QED) is 0.858. The number of nitrogen functional groups attached to an aromatic ring is 1. The van der Waals surface area contributed by atoms with Gasteiger partial charge in [0, 0.05) is 35.2 Å². The minimum absolute atomic E-state index is 0.0784. The van der Waals surface area contributed by atoms with Crippen LogP contribution in [-0.4, -0.2) is 25.8 Å². The van der Waals surface area contributed by atoms with Crippen molar-refractivity contribution in [2.45, 2.75) is 13.1 Å². The van der Waals surface area contributed by atoms with Gasteiger partial charge in [0.1, 0.15) is 0 Å². The van der Waals surface area contributed by atoms with Crippen LogP contribution in [0.2, 0.25) is 0 Å². The molecule has 0 spiro atoms. The molecule has 3 heterocycles. The van der Waals surface area contributed by atoms with E-state index in [2.05, 4.69) is 30.9 Å². The van der Waals surface area contributed by atoms with Gasteiger partial charge in [0.2, 0.25) is 5.95 Å². The van der Waals surface area contributed by atoms with E-state index in [1.807, 2.05) is 0 Å². The highest BCUT2D eigenvalue weighted by Gasteiger charge is 2.26. The predicted octanol–water partition coefficient (Wildman–Crippen LogP) is 1.37. The molecule has 1 aliphatic rings. The number of aromatic nitrogens is 3. The molecule has 2 aromatic rings. The number of pyridine rings is 1. The van der Waals surface area contributed by atoms with Gasteiger partial charge in [-0.2, -0.15) is 0 Å². The molecule has 1 aliphatic heterocycles. The summed E-state index contributed by atoms with van der Waals surface area (Å²) in [6.45, 7) is 0.953. The molecule has 0 aliphatic carbocycles. The van der Waals surface area contributed by atoms with Crippen LogP contribution < -0.4 is 5.73 Å². The third-order valence-electron chi connectivity index (χ3n) is 2.91. The smallest absolute Gasteiger partial charge is 0.256 e. The second kappa shape index (κ2) is 4.58. The van der Waals surface area contributed by atoms with E-state index < -0.39 is 0 Å². The summed E-state index contributed by atoms with van der Waals surface area (Å²) in [5.41, 5.74) is 7.83. The number of anilines is 1. The number of hydrogen-bond acceptors (Lipinski definition) is 5. The Morgan fingerprint density at radius 3 is 2.95 bits per heavy atom. The lowest BCUT2D eigenvalue weighted by Crippen LogP contribution is -2.25. The van der Waals surface area contributed by atoms with Crippen LogP contribution in [0.3, 0.4) is 0 Å². The highest BCUT2D eigenvalue weighted by molar-refractivity contribution is 9.10. The van der Waals surface area contributed by atoms with E-state index >= 15 is 0 Å². The number of hydrogen-bond donors (Lipinski definition) is 1. The van der Waals surface area contributed by atoms with Crippen molar-refractivity contribution in [2.75, 3.05) is 5.73 Å². The van der Waals surface area contributed by atoms with E-state index in [4.69, 9.17) is 5.73 Å². The molecule has 19 heavy (non-hydrogen) atoms. The number of carbonyl (C=O) groups excluding carboxylic acids is 1. The van der Waals surface area contributed by atoms with Gasteiger partial charge in [-0.25, -0.2) is 9.97 Å². The first-order valence-corrected chi connectivity index (χ1v) is 6.43. The Balaban J connectivity index is 1.85. The van der Waals surface area contributed by atoms with Gasteiger partial charge < -0.3 is 10.6 Å². The molecule has 0 saturated heterocycles. The van der Waals surface area contributed by atoms with Crippen LogP contribution in [0.15, 0.2) is 29.1 Å². The molecule has 0 atom stereocenters. The zero-order valence-corrected chi connectivity index (χ0v) is 11.5. The molecule has 0 saturated carbocycles. The van der Waals surface area contributed by atoms with Crippen molar-refractivity contribution in [3.63, 3.8) is 0 Å². The highest BCUT2D eigenvalue weighted by Crippen LogP contribution is 2.23. The van der Waals surface area contributed by atoms with Crippen LogP contribution in [0.4, 0.5) is 5.95 Å². The summed E-state index contributed by atoms with van der Waals surface area (Å²) in [5, 5.41) is 0. The summed E-state index contributed by atoms with van der Waals surface area (Å²) in [7, 11) is 0. The first-order chi connectivity index (χ1) is 9.13. The summed E-state index contributed by atoms with van der Waals surface area (Å²) >= 11 is 3.30. The fourth-order valence-corrected chi connectivity index (χ4v) is 2.39. The third kappa shape index (κ3) is 2.28. The van der Waals surface area contributed by atoms with Gasteiger partial charge in [0.25, 0.3) is 5.91 Å². The van der Waals surface area contributed by atoms with Crippen LogP contribution in [0.5, 0.6) is 0 Å². The summed E-state index contributed by atoms with van der Waals surface area (Å²) < 4.78 is 0.777. The number of rotatable bonds is 1. The fraction of sp³-hybridized carbons (Fsp3) is 0.167. The molecule has 0 radical (unpaired) electrons. The monoisotopic (exact) mass is 319 g/mol. The van der Waals surface area contributed by atoms with E-state index in [0.29, 0.717) is 18.7 Å². The van der Waals surface area contributed by atoms with Crippen molar-refractivity contribution < 1.29 is 4.79 Å². The Labute approximate surface area is 117 Å². The van der Waals surface area contributed by atoms with E-state index in [9.17, 15) is 4.79 Å². The lowest BCUT2D eigenvalue weighted by molar-refractivity contribution is 0.0750. The van der Waals surface area contributed by atoms with Gasteiger partial charge in [-0.05, 0) is 22.0 Å². The normalized spacial score (nSPS) is 13.4. The van der Waals surface area contributed by atoms with Gasteiger partial charge in [-0.15, -0.1) is 0 Å². The molecular weight excluding hydrogens is 310 g/mol. The summed E-state index contributed by atoms with van der Waals surface area (Å²) in [6, 6.07) is 1.75. The maximum Gasteiger partial charge on any atom is 0.256 e. The largest absolute Gasteiger partial charge is 0.368 e. The van der Waals surface area contributed by atoms with Gasteiger partial charge in [0.15, 0.2) is 0 Å². The van der Waals surface area contributed by atoms with Gasteiger partial charge >= 0.3 is 0 Å². The predicted molar refractivity (Wildman–Crippen MR) is 72.0 cm³/mol. The van der Waals surface area contributed by atoms with Crippen LogP contribution in [0, 0.1) is 0 Å². The van der Waals surface area contributed by atoms with Crippen molar-refractivity contribution >= 4 is 27.8 Å². The zero-order valence-electron chi connectivity index (χ0n) is 9.88. The van der Waals surface area contributed by atoms with E-state index in [1.54, 1.807) is 29.6 Å². The molecular formula is C12H10BrN5O. The highest BCUT2D eigenvalue weighted by atomic mass is 79.9. The average molecular weight is 320 g/mol. The molecule has 96 valence electrons. The molecule has 0 bridgehead atoms. The summed E-state index contributed by atoms with van der Waals surface area (Å²) in [6.07, 6.45) is 4.86. The number of nitrogens with two attached hydrogens (primary N) is 1. The molecule has 2 N–H and O–H groups in total. The van der Waals surface area contributed by atoms with Gasteiger partial charge in [-0.1, -0.05) is 0 Å². The molecule has 1 amide bonds. The number of fused-ring (bicyclic) bond motifs is 1. The Bertz CT molecular complexity index is 660. The van der Waals surface area contributed by atoms with E-state index in [1.165, 1.54) is 0 Å². The van der Waals surface area contributed by atoms with Crippen molar-refractivity contribution in [2.24, 2.45) is 0 Å². The van der Waals surface area contributed by atoms with Crippen LogP contribution in [0.25, 0.3) is 0 Å². The van der Waals surface area contributed by atoms with Gasteiger partial charge in [-0.3, -0.25) is 9.78 Å². The van der Waals surface area contributed by atoms with E-state index in [-0.39, 0.29) is 11.9 Å². The second-order valence-corrected chi connectivity index (χ2v) is 5.17. The number of halogens is 1. The summed E-state index contributed by atoms with van der Waals surface area (Å²) in [5.74, 6) is 0.155. The van der Waals surface area contributed by atoms with Crippen molar-refractivity contribution in [1.29, 1.82) is 0 Å². The molecule has 0 aromatic carbocycles. The molecule has 6 nitrogen and oxygen atoms in total. The molecule has 0 fully saturated rings.